The highest BCUT2D eigenvalue weighted by atomic mass is 15.3. The van der Waals surface area contributed by atoms with Gasteiger partial charge < -0.3 is 5.32 Å². The van der Waals surface area contributed by atoms with Gasteiger partial charge in [-0.3, -0.25) is 10.4 Å². The molecule has 1 aliphatic rings. The summed E-state index contributed by atoms with van der Waals surface area (Å²) in [7, 11) is 0. The Morgan fingerprint density at radius 3 is 2.75 bits per heavy atom. The van der Waals surface area contributed by atoms with E-state index in [1.54, 1.807) is 0 Å². The zero-order chi connectivity index (χ0) is 12.0. The predicted molar refractivity (Wildman–Crippen MR) is 69.1 cm³/mol. The quantitative estimate of drug-likeness (QED) is 0.297. The first-order valence-corrected chi connectivity index (χ1v) is 6.37. The number of hydrogen-bond acceptors (Lipinski definition) is 2. The van der Waals surface area contributed by atoms with E-state index in [2.05, 4.69) is 36.5 Å². The van der Waals surface area contributed by atoms with Gasteiger partial charge in [0.15, 0.2) is 0 Å². The Kier molecular flexibility index (Phi) is 5.06. The Morgan fingerprint density at radius 2 is 2.19 bits per heavy atom. The van der Waals surface area contributed by atoms with E-state index in [0.29, 0.717) is 11.5 Å². The minimum Gasteiger partial charge on any atom is -0.352 e. The molecular formula is C12H26N4. The van der Waals surface area contributed by atoms with E-state index in [1.165, 1.54) is 25.7 Å². The van der Waals surface area contributed by atoms with E-state index in [4.69, 9.17) is 5.84 Å². The molecule has 94 valence electrons. The fourth-order valence-corrected chi connectivity index (χ4v) is 2.28. The molecule has 0 aliphatic heterocycles. The Bertz CT molecular complexity index is 235. The Labute approximate surface area is 99.1 Å². The number of nitrogens with one attached hydrogen (secondary N) is 2. The van der Waals surface area contributed by atoms with Crippen LogP contribution in [0.25, 0.3) is 0 Å². The molecule has 0 spiro atoms. The van der Waals surface area contributed by atoms with Gasteiger partial charge in [0.25, 0.3) is 0 Å². The van der Waals surface area contributed by atoms with Crippen molar-refractivity contribution in [2.24, 2.45) is 16.3 Å². The summed E-state index contributed by atoms with van der Waals surface area (Å²) >= 11 is 0. The largest absolute Gasteiger partial charge is 0.352 e. The van der Waals surface area contributed by atoms with E-state index >= 15 is 0 Å². The van der Waals surface area contributed by atoms with Crippen molar-refractivity contribution in [3.8, 4) is 0 Å². The highest BCUT2D eigenvalue weighted by Gasteiger charge is 2.32. The Morgan fingerprint density at radius 1 is 1.44 bits per heavy atom. The van der Waals surface area contributed by atoms with E-state index in [9.17, 15) is 0 Å². The van der Waals surface area contributed by atoms with Crippen LogP contribution in [0.5, 0.6) is 0 Å². The summed E-state index contributed by atoms with van der Waals surface area (Å²) in [6.45, 7) is 7.57. The third-order valence-corrected chi connectivity index (χ3v) is 3.45. The lowest BCUT2D eigenvalue weighted by molar-refractivity contribution is 0.185. The Hall–Kier alpha value is -0.770. The van der Waals surface area contributed by atoms with Crippen molar-refractivity contribution in [1.29, 1.82) is 0 Å². The van der Waals surface area contributed by atoms with Crippen LogP contribution in [0.3, 0.4) is 0 Å². The molecule has 0 bridgehead atoms. The SMILES string of the molecule is CCCN=C(NN)NC1CCCCC1(C)C. The minimum absolute atomic E-state index is 0.335. The first-order chi connectivity index (χ1) is 7.60. The van der Waals surface area contributed by atoms with Crippen LogP contribution < -0.4 is 16.6 Å². The molecule has 0 aromatic rings. The zero-order valence-electron chi connectivity index (χ0n) is 10.8. The predicted octanol–water partition coefficient (Wildman–Crippen LogP) is 1.77. The molecule has 1 atom stereocenters. The average molecular weight is 226 g/mol. The second-order valence-corrected chi connectivity index (χ2v) is 5.31. The highest BCUT2D eigenvalue weighted by molar-refractivity contribution is 5.79. The van der Waals surface area contributed by atoms with Crippen molar-refractivity contribution in [2.75, 3.05) is 6.54 Å². The number of rotatable bonds is 3. The molecule has 0 amide bonds. The maximum absolute atomic E-state index is 5.48. The van der Waals surface area contributed by atoms with Crippen molar-refractivity contribution < 1.29 is 0 Å². The van der Waals surface area contributed by atoms with Gasteiger partial charge in [-0.2, -0.15) is 0 Å². The van der Waals surface area contributed by atoms with Crippen LogP contribution in [0.2, 0.25) is 0 Å². The van der Waals surface area contributed by atoms with E-state index in [1.807, 2.05) is 0 Å². The molecule has 0 saturated heterocycles. The summed E-state index contributed by atoms with van der Waals surface area (Å²) in [6, 6.07) is 0.480. The van der Waals surface area contributed by atoms with Gasteiger partial charge in [-0.1, -0.05) is 33.6 Å². The smallest absolute Gasteiger partial charge is 0.205 e. The normalized spacial score (nSPS) is 25.2. The molecule has 1 saturated carbocycles. The van der Waals surface area contributed by atoms with Crippen LogP contribution in [0.15, 0.2) is 4.99 Å². The number of nitrogens with two attached hydrogens (primary N) is 1. The first-order valence-electron chi connectivity index (χ1n) is 6.37. The molecule has 0 radical (unpaired) electrons. The van der Waals surface area contributed by atoms with E-state index < -0.39 is 0 Å². The van der Waals surface area contributed by atoms with Crippen LogP contribution in [0.4, 0.5) is 0 Å². The second kappa shape index (κ2) is 6.09. The minimum atomic E-state index is 0.335. The molecule has 0 aromatic carbocycles. The number of hydrogen-bond donors (Lipinski definition) is 3. The molecular weight excluding hydrogens is 200 g/mol. The zero-order valence-corrected chi connectivity index (χ0v) is 10.8. The van der Waals surface area contributed by atoms with Gasteiger partial charge in [0.2, 0.25) is 5.96 Å². The van der Waals surface area contributed by atoms with Crippen molar-refractivity contribution in [1.82, 2.24) is 10.7 Å². The monoisotopic (exact) mass is 226 g/mol. The van der Waals surface area contributed by atoms with Gasteiger partial charge in [0, 0.05) is 12.6 Å². The highest BCUT2D eigenvalue weighted by Crippen LogP contribution is 2.35. The maximum atomic E-state index is 5.48. The number of nitrogens with zero attached hydrogens (tertiary/aromatic N) is 1. The topological polar surface area (TPSA) is 62.4 Å². The van der Waals surface area contributed by atoms with Gasteiger partial charge in [-0.15, -0.1) is 0 Å². The summed E-state index contributed by atoms with van der Waals surface area (Å²) in [5.74, 6) is 6.21. The summed E-state index contributed by atoms with van der Waals surface area (Å²) in [5.41, 5.74) is 3.00. The summed E-state index contributed by atoms with van der Waals surface area (Å²) in [6.07, 6.45) is 6.16. The summed E-state index contributed by atoms with van der Waals surface area (Å²) in [4.78, 5) is 4.39. The molecule has 0 heterocycles. The van der Waals surface area contributed by atoms with Crippen molar-refractivity contribution in [3.63, 3.8) is 0 Å². The molecule has 1 unspecified atom stereocenters. The Balaban J connectivity index is 2.56. The number of guanidine groups is 1. The third-order valence-electron chi connectivity index (χ3n) is 3.45. The molecule has 1 rings (SSSR count). The molecule has 0 aromatic heterocycles. The summed E-state index contributed by atoms with van der Waals surface area (Å²) < 4.78 is 0. The van der Waals surface area contributed by atoms with Gasteiger partial charge >= 0.3 is 0 Å². The summed E-state index contributed by atoms with van der Waals surface area (Å²) in [5, 5.41) is 3.44. The van der Waals surface area contributed by atoms with Crippen LogP contribution >= 0.6 is 0 Å². The van der Waals surface area contributed by atoms with Crippen LogP contribution in [-0.2, 0) is 0 Å². The standard InChI is InChI=1S/C12H26N4/c1-4-9-14-11(16-13)15-10-7-5-6-8-12(10,2)3/h10H,4-9,13H2,1-3H3,(H2,14,15,16). The van der Waals surface area contributed by atoms with Crippen LogP contribution in [0, 0.1) is 5.41 Å². The lowest BCUT2D eigenvalue weighted by Gasteiger charge is -2.39. The number of aliphatic imine (C=N–C) groups is 1. The van der Waals surface area contributed by atoms with Gasteiger partial charge in [-0.05, 0) is 24.7 Å². The van der Waals surface area contributed by atoms with Crippen molar-refractivity contribution >= 4 is 5.96 Å². The van der Waals surface area contributed by atoms with Crippen molar-refractivity contribution in [3.05, 3.63) is 0 Å². The molecule has 1 aliphatic carbocycles. The van der Waals surface area contributed by atoms with Gasteiger partial charge in [0.1, 0.15) is 0 Å². The van der Waals surface area contributed by atoms with Crippen molar-refractivity contribution in [2.45, 2.75) is 58.9 Å². The molecule has 1 fully saturated rings. The van der Waals surface area contributed by atoms with Crippen LogP contribution in [-0.4, -0.2) is 18.5 Å². The van der Waals surface area contributed by atoms with Gasteiger partial charge in [0.05, 0.1) is 0 Å². The number of hydrazine groups is 1. The fourth-order valence-electron chi connectivity index (χ4n) is 2.28. The lowest BCUT2D eigenvalue weighted by Crippen LogP contribution is -2.52. The second-order valence-electron chi connectivity index (χ2n) is 5.31. The van der Waals surface area contributed by atoms with E-state index in [-0.39, 0.29) is 0 Å². The lowest BCUT2D eigenvalue weighted by atomic mass is 9.73. The van der Waals surface area contributed by atoms with Gasteiger partial charge in [-0.25, -0.2) is 5.84 Å². The fraction of sp³-hybridized carbons (Fsp3) is 0.917. The molecule has 4 N–H and O–H groups in total. The molecule has 4 heteroatoms. The van der Waals surface area contributed by atoms with E-state index in [0.717, 1.165) is 18.9 Å². The molecule has 4 nitrogen and oxygen atoms in total. The maximum Gasteiger partial charge on any atom is 0.205 e. The average Bonchev–Trinajstić information content (AvgIpc) is 2.26. The first kappa shape index (κ1) is 13.3. The third kappa shape index (κ3) is 3.67. The van der Waals surface area contributed by atoms with Crippen LogP contribution in [0.1, 0.15) is 52.9 Å². The molecule has 16 heavy (non-hydrogen) atoms.